The number of benzene rings is 1. The average Bonchev–Trinajstić information content (AvgIpc) is 3.05. The molecular weight excluding hydrogens is 364 g/mol. The van der Waals surface area contributed by atoms with Gasteiger partial charge in [-0.2, -0.15) is 0 Å². The van der Waals surface area contributed by atoms with Gasteiger partial charge in [-0.1, -0.05) is 18.6 Å². The van der Waals surface area contributed by atoms with Crippen molar-refractivity contribution >= 4 is 22.5 Å². The summed E-state index contributed by atoms with van der Waals surface area (Å²) in [4.78, 5) is 23.6. The van der Waals surface area contributed by atoms with Crippen LogP contribution in [0.4, 0.5) is 5.69 Å². The number of pyridine rings is 1. The van der Waals surface area contributed by atoms with Crippen LogP contribution >= 0.6 is 0 Å². The summed E-state index contributed by atoms with van der Waals surface area (Å²) in [5.41, 5.74) is 4.53. The van der Waals surface area contributed by atoms with Crippen LogP contribution in [0, 0.1) is 13.5 Å². The molecule has 1 saturated heterocycles. The smallest absolute Gasteiger partial charge is 0.187 e. The van der Waals surface area contributed by atoms with Crippen molar-refractivity contribution in [1.29, 1.82) is 0 Å². The van der Waals surface area contributed by atoms with Crippen LogP contribution in [0.3, 0.4) is 0 Å². The molecule has 29 heavy (non-hydrogen) atoms. The Morgan fingerprint density at radius 2 is 1.93 bits per heavy atom. The fourth-order valence-electron chi connectivity index (χ4n) is 4.12. The SMILES string of the molecule is [C-]#[N+]c1ccc(-n2c(C)c(C(=O)CN3CCCCC3)c3ncc(OC)cc32)cc1. The highest BCUT2D eigenvalue weighted by molar-refractivity contribution is 6.09. The molecule has 0 atom stereocenters. The van der Waals surface area contributed by atoms with E-state index in [2.05, 4.69) is 14.7 Å². The number of ether oxygens (including phenoxy) is 1. The predicted octanol–water partition coefficient (Wildman–Crippen LogP) is 4.56. The number of ketones is 1. The fourth-order valence-corrected chi connectivity index (χ4v) is 4.12. The van der Waals surface area contributed by atoms with Crippen molar-refractivity contribution in [3.8, 4) is 11.4 Å². The first-order chi connectivity index (χ1) is 14.1. The van der Waals surface area contributed by atoms with Crippen molar-refractivity contribution in [2.24, 2.45) is 0 Å². The summed E-state index contributed by atoms with van der Waals surface area (Å²) in [5.74, 6) is 0.743. The van der Waals surface area contributed by atoms with E-state index in [4.69, 9.17) is 11.3 Å². The van der Waals surface area contributed by atoms with Crippen LogP contribution in [0.25, 0.3) is 21.6 Å². The van der Waals surface area contributed by atoms with Crippen LogP contribution in [0.2, 0.25) is 0 Å². The molecule has 2 aromatic heterocycles. The van der Waals surface area contributed by atoms with Crippen molar-refractivity contribution in [2.45, 2.75) is 26.2 Å². The van der Waals surface area contributed by atoms with Crippen molar-refractivity contribution in [1.82, 2.24) is 14.5 Å². The summed E-state index contributed by atoms with van der Waals surface area (Å²) in [6, 6.07) is 9.29. The van der Waals surface area contributed by atoms with E-state index in [1.54, 1.807) is 25.4 Å². The van der Waals surface area contributed by atoms with E-state index in [1.807, 2.05) is 29.7 Å². The van der Waals surface area contributed by atoms with Crippen LogP contribution in [0.15, 0.2) is 36.5 Å². The number of hydrogen-bond donors (Lipinski definition) is 0. The van der Waals surface area contributed by atoms with E-state index in [9.17, 15) is 4.79 Å². The summed E-state index contributed by atoms with van der Waals surface area (Å²) < 4.78 is 7.40. The number of carbonyl (C=O) groups excluding carboxylic acids is 1. The van der Waals surface area contributed by atoms with E-state index < -0.39 is 0 Å². The monoisotopic (exact) mass is 388 g/mol. The second-order valence-electron chi connectivity index (χ2n) is 7.43. The quantitative estimate of drug-likeness (QED) is 0.475. The van der Waals surface area contributed by atoms with E-state index in [-0.39, 0.29) is 5.78 Å². The molecule has 0 aliphatic carbocycles. The number of Topliss-reactive ketones (excluding diaryl/α,β-unsaturated/α-hetero) is 1. The van der Waals surface area contributed by atoms with Crippen LogP contribution in [0.1, 0.15) is 35.3 Å². The molecule has 148 valence electrons. The Balaban J connectivity index is 1.83. The third kappa shape index (κ3) is 3.62. The maximum Gasteiger partial charge on any atom is 0.187 e. The lowest BCUT2D eigenvalue weighted by Gasteiger charge is -2.25. The van der Waals surface area contributed by atoms with Gasteiger partial charge in [0.25, 0.3) is 0 Å². The summed E-state index contributed by atoms with van der Waals surface area (Å²) >= 11 is 0. The van der Waals surface area contributed by atoms with E-state index >= 15 is 0 Å². The lowest BCUT2D eigenvalue weighted by Crippen LogP contribution is -2.34. The average molecular weight is 388 g/mol. The summed E-state index contributed by atoms with van der Waals surface area (Å²) in [6.07, 6.45) is 5.20. The van der Waals surface area contributed by atoms with Crippen molar-refractivity contribution in [3.05, 3.63) is 59.2 Å². The normalized spacial score (nSPS) is 14.7. The second kappa shape index (κ2) is 8.06. The molecule has 0 saturated carbocycles. The first-order valence-corrected chi connectivity index (χ1v) is 9.91. The van der Waals surface area contributed by atoms with Crippen molar-refractivity contribution < 1.29 is 9.53 Å². The van der Waals surface area contributed by atoms with Gasteiger partial charge in [0.05, 0.1) is 43.0 Å². The van der Waals surface area contributed by atoms with Gasteiger partial charge in [0.2, 0.25) is 0 Å². The molecule has 0 unspecified atom stereocenters. The minimum Gasteiger partial charge on any atom is -0.495 e. The number of likely N-dealkylation sites (tertiary alicyclic amines) is 1. The lowest BCUT2D eigenvalue weighted by atomic mass is 10.1. The van der Waals surface area contributed by atoms with Crippen LogP contribution in [0.5, 0.6) is 5.75 Å². The molecule has 1 fully saturated rings. The summed E-state index contributed by atoms with van der Waals surface area (Å²) in [6.45, 7) is 11.5. The molecule has 0 amide bonds. The molecule has 3 aromatic rings. The lowest BCUT2D eigenvalue weighted by molar-refractivity contribution is 0.0916. The third-order valence-corrected chi connectivity index (χ3v) is 5.58. The molecular formula is C23H24N4O2. The zero-order valence-corrected chi connectivity index (χ0v) is 16.8. The van der Waals surface area contributed by atoms with E-state index in [0.29, 0.717) is 29.1 Å². The highest BCUT2D eigenvalue weighted by atomic mass is 16.5. The predicted molar refractivity (Wildman–Crippen MR) is 113 cm³/mol. The van der Waals surface area contributed by atoms with E-state index in [0.717, 1.165) is 42.8 Å². The number of piperidine rings is 1. The topological polar surface area (TPSA) is 51.7 Å². The number of carbonyl (C=O) groups is 1. The van der Waals surface area contributed by atoms with Gasteiger partial charge in [0.15, 0.2) is 11.5 Å². The standard InChI is InChI=1S/C23H24N4O2/c1-16-22(21(28)15-26-11-5-4-6-12-26)23-20(13-19(29-3)14-25-23)27(16)18-9-7-17(24-2)8-10-18/h7-10,13-14H,4-6,11-12,15H2,1,3H3. The molecule has 0 spiro atoms. The maximum absolute atomic E-state index is 13.3. The Bertz CT molecular complexity index is 1090. The van der Waals surface area contributed by atoms with Gasteiger partial charge in [0, 0.05) is 17.4 Å². The Hall–Kier alpha value is -3.17. The van der Waals surface area contributed by atoms with Gasteiger partial charge < -0.3 is 9.30 Å². The number of aromatic nitrogens is 2. The molecule has 3 heterocycles. The van der Waals surface area contributed by atoms with E-state index in [1.165, 1.54) is 6.42 Å². The molecule has 0 bridgehead atoms. The zero-order chi connectivity index (χ0) is 20.4. The van der Waals surface area contributed by atoms with Gasteiger partial charge >= 0.3 is 0 Å². The highest BCUT2D eigenvalue weighted by Gasteiger charge is 2.24. The zero-order valence-electron chi connectivity index (χ0n) is 16.8. The van der Waals surface area contributed by atoms with Crippen molar-refractivity contribution in [2.75, 3.05) is 26.7 Å². The molecule has 0 radical (unpaired) electrons. The number of hydrogen-bond acceptors (Lipinski definition) is 4. The Morgan fingerprint density at radius 1 is 1.21 bits per heavy atom. The molecule has 1 aliphatic rings. The highest BCUT2D eigenvalue weighted by Crippen LogP contribution is 2.31. The van der Waals surface area contributed by atoms with Crippen LogP contribution < -0.4 is 4.74 Å². The molecule has 6 heteroatoms. The molecule has 0 N–H and O–H groups in total. The largest absolute Gasteiger partial charge is 0.495 e. The van der Waals surface area contributed by atoms with Crippen molar-refractivity contribution in [3.63, 3.8) is 0 Å². The van der Waals surface area contributed by atoms with Gasteiger partial charge in [0.1, 0.15) is 5.75 Å². The Morgan fingerprint density at radius 3 is 2.59 bits per heavy atom. The van der Waals surface area contributed by atoms with Crippen LogP contribution in [-0.2, 0) is 0 Å². The number of methoxy groups -OCH3 is 1. The number of rotatable bonds is 5. The third-order valence-electron chi connectivity index (χ3n) is 5.58. The maximum atomic E-state index is 13.3. The molecule has 1 aromatic carbocycles. The van der Waals surface area contributed by atoms with Gasteiger partial charge in [-0.05, 0) is 45.0 Å². The number of fused-ring (bicyclic) bond motifs is 1. The van der Waals surface area contributed by atoms with Crippen LogP contribution in [-0.4, -0.2) is 47.0 Å². The van der Waals surface area contributed by atoms with Gasteiger partial charge in [-0.25, -0.2) is 9.83 Å². The Labute approximate surface area is 170 Å². The fraction of sp³-hybridized carbons (Fsp3) is 0.348. The second-order valence-corrected chi connectivity index (χ2v) is 7.43. The minimum absolute atomic E-state index is 0.101. The first kappa shape index (κ1) is 19.2. The first-order valence-electron chi connectivity index (χ1n) is 9.91. The summed E-state index contributed by atoms with van der Waals surface area (Å²) in [7, 11) is 1.61. The number of nitrogens with zero attached hydrogens (tertiary/aromatic N) is 4. The summed E-state index contributed by atoms with van der Waals surface area (Å²) in [5, 5.41) is 0. The molecule has 4 rings (SSSR count). The molecule has 6 nitrogen and oxygen atoms in total. The Kier molecular flexibility index (Phi) is 5.32. The van der Waals surface area contributed by atoms with Gasteiger partial charge in [-0.3, -0.25) is 9.69 Å². The molecule has 1 aliphatic heterocycles. The van der Waals surface area contributed by atoms with Gasteiger partial charge in [-0.15, -0.1) is 0 Å². The minimum atomic E-state index is 0.101.